The number of hydrogen-bond donors (Lipinski definition) is 1. The summed E-state index contributed by atoms with van der Waals surface area (Å²) in [5.74, 6) is -2.23. The van der Waals surface area contributed by atoms with Gasteiger partial charge in [0, 0.05) is 7.05 Å². The summed E-state index contributed by atoms with van der Waals surface area (Å²) < 4.78 is 10.3. The van der Waals surface area contributed by atoms with Gasteiger partial charge in [-0.25, -0.2) is 4.79 Å². The first-order valence-corrected chi connectivity index (χ1v) is 5.45. The van der Waals surface area contributed by atoms with Crippen LogP contribution in [-0.4, -0.2) is 41.0 Å². The zero-order chi connectivity index (χ0) is 15.1. The molecule has 1 aromatic rings. The highest BCUT2D eigenvalue weighted by atomic mass is 16.5. The second-order valence-electron chi connectivity index (χ2n) is 3.61. The van der Waals surface area contributed by atoms with Crippen molar-refractivity contribution >= 4 is 17.6 Å². The number of esters is 2. The second-order valence-corrected chi connectivity index (χ2v) is 3.61. The summed E-state index contributed by atoms with van der Waals surface area (Å²) >= 11 is 0. The largest absolute Gasteiger partial charge is 0.509 e. The Labute approximate surface area is 114 Å². The van der Waals surface area contributed by atoms with Crippen molar-refractivity contribution in [1.82, 2.24) is 9.78 Å². The van der Waals surface area contributed by atoms with E-state index >= 15 is 0 Å². The first-order chi connectivity index (χ1) is 9.47. The zero-order valence-corrected chi connectivity index (χ0v) is 11.2. The van der Waals surface area contributed by atoms with Crippen LogP contribution in [0.1, 0.15) is 6.42 Å². The summed E-state index contributed by atoms with van der Waals surface area (Å²) in [4.78, 5) is 22.5. The van der Waals surface area contributed by atoms with Crippen molar-refractivity contribution in [3.8, 4) is 0 Å². The Morgan fingerprint density at radius 3 is 2.60 bits per heavy atom. The van der Waals surface area contributed by atoms with Crippen LogP contribution in [0.3, 0.4) is 0 Å². The van der Waals surface area contributed by atoms with E-state index in [4.69, 9.17) is 0 Å². The SMILES string of the molecule is COC(=O)C/C(O)=C(\N=Nc1cnn(C)c1)C(=O)OC. The fourth-order valence-corrected chi connectivity index (χ4v) is 1.17. The number of aliphatic hydroxyl groups excluding tert-OH is 1. The molecule has 0 saturated carbocycles. The van der Waals surface area contributed by atoms with Crippen molar-refractivity contribution in [1.29, 1.82) is 0 Å². The first-order valence-electron chi connectivity index (χ1n) is 5.45. The number of carbonyl (C=O) groups is 2. The van der Waals surface area contributed by atoms with E-state index in [1.807, 2.05) is 0 Å². The number of methoxy groups -OCH3 is 2. The molecule has 1 rings (SSSR count). The summed E-state index contributed by atoms with van der Waals surface area (Å²) in [7, 11) is 3.96. The molecule has 1 aromatic heterocycles. The van der Waals surface area contributed by atoms with Gasteiger partial charge in [0.1, 0.15) is 17.9 Å². The van der Waals surface area contributed by atoms with Crippen LogP contribution in [0, 0.1) is 0 Å². The highest BCUT2D eigenvalue weighted by Gasteiger charge is 2.18. The average Bonchev–Trinajstić information content (AvgIpc) is 2.84. The van der Waals surface area contributed by atoms with Crippen LogP contribution in [0.4, 0.5) is 5.69 Å². The molecule has 0 fully saturated rings. The number of azo groups is 1. The summed E-state index contributed by atoms with van der Waals surface area (Å²) in [6.45, 7) is 0. The van der Waals surface area contributed by atoms with Crippen molar-refractivity contribution < 1.29 is 24.2 Å². The molecule has 0 aliphatic heterocycles. The average molecular weight is 282 g/mol. The van der Waals surface area contributed by atoms with Gasteiger partial charge in [0.05, 0.1) is 26.6 Å². The van der Waals surface area contributed by atoms with Crippen molar-refractivity contribution in [3.63, 3.8) is 0 Å². The van der Waals surface area contributed by atoms with Crippen LogP contribution < -0.4 is 0 Å². The molecule has 1 N–H and O–H groups in total. The first kappa shape index (κ1) is 15.3. The lowest BCUT2D eigenvalue weighted by Crippen LogP contribution is -2.09. The molecular formula is C11H14N4O5. The van der Waals surface area contributed by atoms with Gasteiger partial charge in [-0.1, -0.05) is 0 Å². The van der Waals surface area contributed by atoms with Gasteiger partial charge < -0.3 is 14.6 Å². The minimum absolute atomic E-state index is 0.375. The Kier molecular flexibility index (Phi) is 5.39. The molecule has 0 aliphatic rings. The number of rotatable bonds is 5. The second kappa shape index (κ2) is 7.02. The van der Waals surface area contributed by atoms with Crippen molar-refractivity contribution in [2.24, 2.45) is 17.3 Å². The number of carbonyl (C=O) groups excluding carboxylic acids is 2. The third-order valence-corrected chi connectivity index (χ3v) is 2.15. The molecule has 0 unspecified atom stereocenters. The monoisotopic (exact) mass is 282 g/mol. The lowest BCUT2D eigenvalue weighted by molar-refractivity contribution is -0.140. The van der Waals surface area contributed by atoms with E-state index in [0.717, 1.165) is 14.2 Å². The normalized spacial score (nSPS) is 12.2. The molecule has 0 bridgehead atoms. The Morgan fingerprint density at radius 1 is 1.40 bits per heavy atom. The van der Waals surface area contributed by atoms with Crippen LogP contribution in [-0.2, 0) is 26.1 Å². The van der Waals surface area contributed by atoms with E-state index in [0.29, 0.717) is 5.69 Å². The topological polar surface area (TPSA) is 115 Å². The number of aromatic nitrogens is 2. The van der Waals surface area contributed by atoms with Gasteiger partial charge in [-0.2, -0.15) is 5.10 Å². The predicted octanol–water partition coefficient (Wildman–Crippen LogP) is 1.01. The summed E-state index contributed by atoms with van der Waals surface area (Å²) in [6, 6.07) is 0. The molecule has 0 saturated heterocycles. The third-order valence-electron chi connectivity index (χ3n) is 2.15. The summed E-state index contributed by atoms with van der Waals surface area (Å²) in [5, 5.41) is 20.9. The molecular weight excluding hydrogens is 268 g/mol. The number of aliphatic hydroxyl groups is 1. The Bertz CT molecular complexity index is 561. The smallest absolute Gasteiger partial charge is 0.362 e. The molecule has 0 spiro atoms. The maximum Gasteiger partial charge on any atom is 0.362 e. The maximum absolute atomic E-state index is 11.5. The van der Waals surface area contributed by atoms with Gasteiger partial charge in [-0.15, -0.1) is 10.2 Å². The highest BCUT2D eigenvalue weighted by Crippen LogP contribution is 2.15. The van der Waals surface area contributed by atoms with Crippen molar-refractivity contribution in [3.05, 3.63) is 23.8 Å². The molecule has 0 amide bonds. The number of ether oxygens (including phenoxy) is 2. The molecule has 0 aliphatic carbocycles. The predicted molar refractivity (Wildman–Crippen MR) is 66.0 cm³/mol. The zero-order valence-electron chi connectivity index (χ0n) is 11.2. The summed E-state index contributed by atoms with van der Waals surface area (Å²) in [6.07, 6.45) is 2.46. The van der Waals surface area contributed by atoms with Crippen molar-refractivity contribution in [2.45, 2.75) is 6.42 Å². The number of aryl methyl sites for hydroxylation is 1. The van der Waals surface area contributed by atoms with Gasteiger partial charge >= 0.3 is 11.9 Å². The summed E-state index contributed by atoms with van der Waals surface area (Å²) in [5.41, 5.74) is -0.0958. The van der Waals surface area contributed by atoms with E-state index < -0.39 is 29.8 Å². The lowest BCUT2D eigenvalue weighted by atomic mass is 10.3. The third kappa shape index (κ3) is 4.19. The van der Waals surface area contributed by atoms with E-state index in [9.17, 15) is 14.7 Å². The molecule has 1 heterocycles. The Morgan fingerprint density at radius 2 is 2.10 bits per heavy atom. The number of nitrogens with zero attached hydrogens (tertiary/aromatic N) is 4. The fourth-order valence-electron chi connectivity index (χ4n) is 1.17. The molecule has 0 aromatic carbocycles. The van der Waals surface area contributed by atoms with Crippen molar-refractivity contribution in [2.75, 3.05) is 14.2 Å². The molecule has 108 valence electrons. The van der Waals surface area contributed by atoms with Crippen LogP contribution in [0.15, 0.2) is 34.1 Å². The van der Waals surface area contributed by atoms with Gasteiger partial charge in [-0.3, -0.25) is 9.48 Å². The standard InChI is InChI=1S/C11H14N4O5/c1-15-6-7(5-12-15)13-14-10(11(18)20-3)8(16)4-9(17)19-2/h5-6,16H,4H2,1-3H3/b10-8+,14-13?. The van der Waals surface area contributed by atoms with Gasteiger partial charge in [0.2, 0.25) is 5.70 Å². The van der Waals surface area contributed by atoms with E-state index in [1.54, 1.807) is 13.2 Å². The van der Waals surface area contributed by atoms with E-state index in [2.05, 4.69) is 24.8 Å². The van der Waals surface area contributed by atoms with Crippen LogP contribution in [0.2, 0.25) is 0 Å². The van der Waals surface area contributed by atoms with Crippen LogP contribution in [0.25, 0.3) is 0 Å². The van der Waals surface area contributed by atoms with Crippen LogP contribution in [0.5, 0.6) is 0 Å². The molecule has 0 atom stereocenters. The fraction of sp³-hybridized carbons (Fsp3) is 0.364. The number of hydrogen-bond acceptors (Lipinski definition) is 8. The quantitative estimate of drug-likeness (QED) is 0.373. The lowest BCUT2D eigenvalue weighted by Gasteiger charge is -2.03. The molecule has 0 radical (unpaired) electrons. The van der Waals surface area contributed by atoms with Gasteiger partial charge in [0.15, 0.2) is 0 Å². The Hall–Kier alpha value is -2.71. The van der Waals surface area contributed by atoms with E-state index in [1.165, 1.54) is 10.9 Å². The molecule has 20 heavy (non-hydrogen) atoms. The minimum Gasteiger partial charge on any atom is -0.509 e. The van der Waals surface area contributed by atoms with Crippen LogP contribution >= 0.6 is 0 Å². The molecule has 9 nitrogen and oxygen atoms in total. The maximum atomic E-state index is 11.5. The Balaban J connectivity index is 3.00. The van der Waals surface area contributed by atoms with Gasteiger partial charge in [0.25, 0.3) is 0 Å². The minimum atomic E-state index is -0.918. The van der Waals surface area contributed by atoms with Gasteiger partial charge in [-0.05, 0) is 0 Å². The molecule has 9 heteroatoms. The highest BCUT2D eigenvalue weighted by molar-refractivity contribution is 5.89. The van der Waals surface area contributed by atoms with E-state index in [-0.39, 0.29) is 0 Å².